The maximum absolute atomic E-state index is 12.7. The molecule has 2 aromatic rings. The van der Waals surface area contributed by atoms with Gasteiger partial charge in [0.15, 0.2) is 0 Å². The first-order chi connectivity index (χ1) is 10.7. The first-order valence-corrected chi connectivity index (χ1v) is 8.59. The normalized spacial score (nSPS) is 11.1. The molecule has 2 rings (SSSR count). The summed E-state index contributed by atoms with van der Waals surface area (Å²) in [5.41, 5.74) is 3.19. The number of nitrogens with zero attached hydrogens (tertiary/aromatic N) is 1. The van der Waals surface area contributed by atoms with Crippen LogP contribution >= 0.6 is 0 Å². The van der Waals surface area contributed by atoms with Crippen LogP contribution in [0.1, 0.15) is 18.1 Å². The molecular weight excluding hydrogens is 312 g/mol. The van der Waals surface area contributed by atoms with E-state index in [0.717, 1.165) is 11.1 Å². The zero-order valence-electron chi connectivity index (χ0n) is 13.6. The molecule has 0 fully saturated rings. The number of sulfonamides is 1. The van der Waals surface area contributed by atoms with Gasteiger partial charge in [0.25, 0.3) is 10.0 Å². The molecule has 0 heterocycles. The third-order valence-corrected chi connectivity index (χ3v) is 5.20. The van der Waals surface area contributed by atoms with E-state index >= 15 is 0 Å². The number of carbonyl (C=O) groups excluding carboxylic acids is 1. The molecule has 0 bridgehead atoms. The number of aryl methyl sites for hydroxylation is 2. The number of hydrogen-bond acceptors (Lipinski definition) is 3. The highest BCUT2D eigenvalue weighted by atomic mass is 32.2. The van der Waals surface area contributed by atoms with Crippen molar-refractivity contribution in [1.82, 2.24) is 0 Å². The zero-order valence-corrected chi connectivity index (χ0v) is 14.4. The minimum absolute atomic E-state index is 0.174. The molecule has 1 N–H and O–H groups in total. The molecule has 2 aromatic carbocycles. The number of nitrogens with one attached hydrogen (secondary N) is 1. The third-order valence-electron chi connectivity index (χ3n) is 3.40. The van der Waals surface area contributed by atoms with Gasteiger partial charge in [-0.15, -0.1) is 0 Å². The summed E-state index contributed by atoms with van der Waals surface area (Å²) in [4.78, 5) is 11.2. The summed E-state index contributed by atoms with van der Waals surface area (Å²) >= 11 is 0. The van der Waals surface area contributed by atoms with Gasteiger partial charge in [0.1, 0.15) is 0 Å². The predicted octanol–water partition coefficient (Wildman–Crippen LogP) is 3.09. The van der Waals surface area contributed by atoms with Crippen LogP contribution in [0.25, 0.3) is 0 Å². The van der Waals surface area contributed by atoms with Crippen LogP contribution in [0, 0.1) is 13.8 Å². The Balaban J connectivity index is 2.35. The highest BCUT2D eigenvalue weighted by Gasteiger charge is 2.21. The van der Waals surface area contributed by atoms with Crippen LogP contribution in [-0.2, 0) is 14.8 Å². The van der Waals surface area contributed by atoms with Crippen molar-refractivity contribution >= 4 is 27.3 Å². The van der Waals surface area contributed by atoms with Crippen LogP contribution in [0.2, 0.25) is 0 Å². The van der Waals surface area contributed by atoms with Gasteiger partial charge in [-0.25, -0.2) is 8.42 Å². The number of carbonyl (C=O) groups is 1. The Morgan fingerprint density at radius 2 is 1.52 bits per heavy atom. The molecule has 0 aromatic heterocycles. The molecule has 0 aliphatic rings. The number of hydrogen-bond donors (Lipinski definition) is 1. The van der Waals surface area contributed by atoms with E-state index in [1.807, 2.05) is 32.0 Å². The van der Waals surface area contributed by atoms with Crippen LogP contribution in [0.15, 0.2) is 47.4 Å². The van der Waals surface area contributed by atoms with E-state index in [-0.39, 0.29) is 10.8 Å². The Bertz CT molecular complexity index is 807. The molecule has 0 radical (unpaired) electrons. The topological polar surface area (TPSA) is 66.5 Å². The summed E-state index contributed by atoms with van der Waals surface area (Å²) in [5, 5.41) is 2.61. The highest BCUT2D eigenvalue weighted by molar-refractivity contribution is 7.92. The average Bonchev–Trinajstić information content (AvgIpc) is 2.45. The maximum atomic E-state index is 12.7. The minimum atomic E-state index is -3.65. The molecular formula is C17H20N2O3S. The lowest BCUT2D eigenvalue weighted by Gasteiger charge is -2.20. The Morgan fingerprint density at radius 1 is 1.00 bits per heavy atom. The average molecular weight is 332 g/mol. The summed E-state index contributed by atoms with van der Waals surface area (Å²) in [6, 6.07) is 11.8. The second-order valence-electron chi connectivity index (χ2n) is 5.52. The van der Waals surface area contributed by atoms with Crippen molar-refractivity contribution in [3.05, 3.63) is 53.6 Å². The van der Waals surface area contributed by atoms with E-state index < -0.39 is 10.0 Å². The molecule has 0 aliphatic carbocycles. The molecule has 0 aliphatic heterocycles. The van der Waals surface area contributed by atoms with Crippen LogP contribution in [0.3, 0.4) is 0 Å². The summed E-state index contributed by atoms with van der Waals surface area (Å²) < 4.78 is 26.7. The van der Waals surface area contributed by atoms with Gasteiger partial charge in [0.2, 0.25) is 5.91 Å². The molecule has 6 heteroatoms. The van der Waals surface area contributed by atoms with Gasteiger partial charge < -0.3 is 5.32 Å². The van der Waals surface area contributed by atoms with Crippen molar-refractivity contribution in [2.75, 3.05) is 16.7 Å². The number of rotatable bonds is 4. The molecule has 5 nitrogen and oxygen atoms in total. The van der Waals surface area contributed by atoms with Gasteiger partial charge in [-0.1, -0.05) is 6.07 Å². The summed E-state index contributed by atoms with van der Waals surface area (Å²) in [6.07, 6.45) is 0. The fourth-order valence-corrected chi connectivity index (χ4v) is 3.52. The minimum Gasteiger partial charge on any atom is -0.326 e. The number of benzene rings is 2. The van der Waals surface area contributed by atoms with Gasteiger partial charge in [0, 0.05) is 19.7 Å². The molecule has 23 heavy (non-hydrogen) atoms. The number of anilines is 2. The number of amides is 1. The molecule has 122 valence electrons. The lowest BCUT2D eigenvalue weighted by molar-refractivity contribution is -0.114. The largest absolute Gasteiger partial charge is 0.326 e. The molecule has 0 spiro atoms. The lowest BCUT2D eigenvalue weighted by atomic mass is 10.1. The Morgan fingerprint density at radius 3 is 2.00 bits per heavy atom. The molecule has 0 unspecified atom stereocenters. The quantitative estimate of drug-likeness (QED) is 0.935. The van der Waals surface area contributed by atoms with Gasteiger partial charge in [-0.3, -0.25) is 9.10 Å². The van der Waals surface area contributed by atoms with Crippen molar-refractivity contribution < 1.29 is 13.2 Å². The van der Waals surface area contributed by atoms with Gasteiger partial charge in [-0.2, -0.15) is 0 Å². The van der Waals surface area contributed by atoms with Crippen LogP contribution in [0.4, 0.5) is 11.4 Å². The van der Waals surface area contributed by atoms with E-state index in [2.05, 4.69) is 5.32 Å². The predicted molar refractivity (Wildman–Crippen MR) is 92.3 cm³/mol. The van der Waals surface area contributed by atoms with Crippen molar-refractivity contribution in [3.63, 3.8) is 0 Å². The maximum Gasteiger partial charge on any atom is 0.264 e. The van der Waals surface area contributed by atoms with E-state index in [1.165, 1.54) is 30.4 Å². The van der Waals surface area contributed by atoms with E-state index in [1.54, 1.807) is 12.1 Å². The lowest BCUT2D eigenvalue weighted by Crippen LogP contribution is -2.26. The second kappa shape index (κ2) is 6.42. The third kappa shape index (κ3) is 3.90. The van der Waals surface area contributed by atoms with E-state index in [4.69, 9.17) is 0 Å². The Hall–Kier alpha value is -2.34. The summed E-state index contributed by atoms with van der Waals surface area (Å²) in [5.74, 6) is -0.201. The molecule has 0 saturated heterocycles. The van der Waals surface area contributed by atoms with Crippen molar-refractivity contribution in [3.8, 4) is 0 Å². The van der Waals surface area contributed by atoms with E-state index in [9.17, 15) is 13.2 Å². The fraction of sp³-hybridized carbons (Fsp3) is 0.235. The Labute approximate surface area is 137 Å². The molecule has 0 atom stereocenters. The first kappa shape index (κ1) is 17.0. The molecule has 1 amide bonds. The van der Waals surface area contributed by atoms with Crippen molar-refractivity contribution in [1.29, 1.82) is 0 Å². The van der Waals surface area contributed by atoms with Crippen LogP contribution in [-0.4, -0.2) is 21.4 Å². The smallest absolute Gasteiger partial charge is 0.264 e. The monoisotopic (exact) mass is 332 g/mol. The Kier molecular flexibility index (Phi) is 4.75. The SMILES string of the molecule is CC(=O)Nc1ccc(S(=O)(=O)N(C)c2cc(C)cc(C)c2)cc1. The zero-order chi connectivity index (χ0) is 17.2. The van der Waals surface area contributed by atoms with Crippen LogP contribution in [0.5, 0.6) is 0 Å². The van der Waals surface area contributed by atoms with Gasteiger partial charge >= 0.3 is 0 Å². The summed E-state index contributed by atoms with van der Waals surface area (Å²) in [7, 11) is -2.12. The molecule has 0 saturated carbocycles. The van der Waals surface area contributed by atoms with E-state index in [0.29, 0.717) is 11.4 Å². The van der Waals surface area contributed by atoms with Crippen LogP contribution < -0.4 is 9.62 Å². The van der Waals surface area contributed by atoms with Crippen molar-refractivity contribution in [2.24, 2.45) is 0 Å². The fourth-order valence-electron chi connectivity index (χ4n) is 2.34. The summed E-state index contributed by atoms with van der Waals surface area (Å²) in [6.45, 7) is 5.26. The first-order valence-electron chi connectivity index (χ1n) is 7.15. The van der Waals surface area contributed by atoms with Gasteiger partial charge in [-0.05, 0) is 61.4 Å². The van der Waals surface area contributed by atoms with Crippen molar-refractivity contribution in [2.45, 2.75) is 25.7 Å². The second-order valence-corrected chi connectivity index (χ2v) is 7.49. The van der Waals surface area contributed by atoms with Gasteiger partial charge in [0.05, 0.1) is 10.6 Å². The standard InChI is InChI=1S/C17H20N2O3S/c1-12-9-13(2)11-16(10-12)19(4)23(21,22)17-7-5-15(6-8-17)18-14(3)20/h5-11H,1-4H3,(H,18,20). The highest BCUT2D eigenvalue weighted by Crippen LogP contribution is 2.25.